The molecule has 4 nitrogen and oxygen atoms in total. The van der Waals surface area contributed by atoms with Gasteiger partial charge in [-0.1, -0.05) is 43.5 Å². The summed E-state index contributed by atoms with van der Waals surface area (Å²) >= 11 is 5.87. The van der Waals surface area contributed by atoms with Gasteiger partial charge in [-0.2, -0.15) is 0 Å². The average Bonchev–Trinajstić information content (AvgIpc) is 3.28. The van der Waals surface area contributed by atoms with Gasteiger partial charge < -0.3 is 15.2 Å². The Kier molecular flexibility index (Phi) is 6.42. The number of hydrogen-bond acceptors (Lipinski definition) is 2. The molecule has 0 unspecified atom stereocenters. The highest BCUT2D eigenvalue weighted by Crippen LogP contribution is 2.27. The molecule has 0 aliphatic heterocycles. The maximum atomic E-state index is 12.9. The minimum Gasteiger partial charge on any atom is -0.342 e. The fourth-order valence-electron chi connectivity index (χ4n) is 4.55. The zero-order chi connectivity index (χ0) is 22.0. The monoisotopic (exact) mass is 433 g/mol. The highest BCUT2D eigenvalue weighted by molar-refractivity contribution is 7.80. The van der Waals surface area contributed by atoms with Crippen LogP contribution in [-0.4, -0.2) is 21.0 Å². The second-order valence-electron chi connectivity index (χ2n) is 8.71. The van der Waals surface area contributed by atoms with E-state index >= 15 is 0 Å². The lowest BCUT2D eigenvalue weighted by atomic mass is 10.1. The first-order chi connectivity index (χ1) is 14.9. The maximum absolute atomic E-state index is 12.9. The number of anilines is 1. The van der Waals surface area contributed by atoms with Gasteiger partial charge in [0.2, 0.25) is 0 Å². The van der Waals surface area contributed by atoms with Gasteiger partial charge in [-0.25, -0.2) is 0 Å². The molecular formula is C26H31N3OS. The number of aromatic nitrogens is 1. The molecule has 0 radical (unpaired) electrons. The number of benzene rings is 2. The lowest BCUT2D eigenvalue weighted by molar-refractivity contribution is 0.311. The number of fused-ring (bicyclic) bond motifs is 1. The predicted octanol–water partition coefficient (Wildman–Crippen LogP) is 5.85. The molecule has 1 aliphatic carbocycles. The van der Waals surface area contributed by atoms with Gasteiger partial charge in [0.05, 0.1) is 6.54 Å². The molecule has 1 aliphatic rings. The lowest BCUT2D eigenvalue weighted by Crippen LogP contribution is -2.42. The van der Waals surface area contributed by atoms with Crippen molar-refractivity contribution in [2.75, 3.05) is 5.32 Å². The third-order valence-corrected chi connectivity index (χ3v) is 6.72. The summed E-state index contributed by atoms with van der Waals surface area (Å²) in [5.74, 6) is 0. The molecule has 0 atom stereocenters. The average molecular weight is 434 g/mol. The number of aromatic amines is 1. The van der Waals surface area contributed by atoms with E-state index in [1.54, 1.807) is 0 Å². The first kappa shape index (κ1) is 21.6. The molecule has 1 saturated carbocycles. The van der Waals surface area contributed by atoms with Gasteiger partial charge in [-0.3, -0.25) is 4.79 Å². The van der Waals surface area contributed by atoms with Gasteiger partial charge in [0, 0.05) is 22.8 Å². The molecular weight excluding hydrogens is 402 g/mol. The molecule has 0 bridgehead atoms. The molecule has 31 heavy (non-hydrogen) atoms. The van der Waals surface area contributed by atoms with Crippen molar-refractivity contribution in [3.8, 4) is 0 Å². The van der Waals surface area contributed by atoms with E-state index in [1.807, 2.05) is 12.1 Å². The number of rotatable bonds is 5. The molecule has 162 valence electrons. The Morgan fingerprint density at radius 1 is 1.13 bits per heavy atom. The third kappa shape index (κ3) is 4.82. The van der Waals surface area contributed by atoms with Crippen LogP contribution in [0.25, 0.3) is 10.9 Å². The van der Waals surface area contributed by atoms with E-state index in [0.717, 1.165) is 41.4 Å². The van der Waals surface area contributed by atoms with Crippen molar-refractivity contribution in [2.45, 2.75) is 65.5 Å². The zero-order valence-corrected chi connectivity index (χ0v) is 19.4. The van der Waals surface area contributed by atoms with Crippen LogP contribution in [0.3, 0.4) is 0 Å². The fourth-order valence-corrected chi connectivity index (χ4v) is 4.87. The summed E-state index contributed by atoms with van der Waals surface area (Å²) in [5.41, 5.74) is 6.31. The summed E-state index contributed by atoms with van der Waals surface area (Å²) in [6, 6.07) is 15.0. The van der Waals surface area contributed by atoms with Gasteiger partial charge >= 0.3 is 0 Å². The molecule has 1 heterocycles. The topological polar surface area (TPSA) is 48.1 Å². The van der Waals surface area contributed by atoms with Crippen molar-refractivity contribution >= 4 is 33.9 Å². The number of hydrogen-bond donors (Lipinski definition) is 2. The van der Waals surface area contributed by atoms with Gasteiger partial charge in [0.15, 0.2) is 5.11 Å². The van der Waals surface area contributed by atoms with Crippen molar-refractivity contribution in [1.29, 1.82) is 0 Å². The normalized spacial score (nSPS) is 14.2. The van der Waals surface area contributed by atoms with E-state index in [-0.39, 0.29) is 5.56 Å². The Morgan fingerprint density at radius 2 is 1.90 bits per heavy atom. The van der Waals surface area contributed by atoms with Crippen LogP contribution in [0.1, 0.15) is 54.9 Å². The van der Waals surface area contributed by atoms with Gasteiger partial charge in [-0.05, 0) is 86.1 Å². The Bertz CT molecular complexity index is 1160. The van der Waals surface area contributed by atoms with Crippen molar-refractivity contribution in [3.05, 3.63) is 75.1 Å². The summed E-state index contributed by atoms with van der Waals surface area (Å²) in [6.45, 7) is 6.85. The van der Waals surface area contributed by atoms with E-state index in [1.165, 1.54) is 29.5 Å². The smallest absolute Gasteiger partial charge is 0.253 e. The third-order valence-electron chi connectivity index (χ3n) is 6.38. The standard InChI is InChI=1S/C26H31N3OS/c1-4-19-10-12-24-20(14-19)15-21(25(30)27-24)16-29(22-7-5-6-8-22)26(31)28-23-11-9-17(2)13-18(23)3/h9-15,22H,4-8,16H2,1-3H3,(H,27,30)(H,28,31). The van der Waals surface area contributed by atoms with Crippen molar-refractivity contribution in [3.63, 3.8) is 0 Å². The van der Waals surface area contributed by atoms with Gasteiger partial charge in [0.1, 0.15) is 0 Å². The molecule has 4 rings (SSSR count). The van der Waals surface area contributed by atoms with Crippen LogP contribution in [0.4, 0.5) is 5.69 Å². The Hall–Kier alpha value is -2.66. The molecule has 2 N–H and O–H groups in total. The zero-order valence-electron chi connectivity index (χ0n) is 18.6. The predicted molar refractivity (Wildman–Crippen MR) is 134 cm³/mol. The number of H-pyrrole nitrogens is 1. The van der Waals surface area contributed by atoms with Crippen LogP contribution in [-0.2, 0) is 13.0 Å². The SMILES string of the molecule is CCc1ccc2[nH]c(=O)c(CN(C(=S)Nc3ccc(C)cc3C)C3CCCC3)cc2c1. The number of nitrogens with one attached hydrogen (secondary N) is 2. The minimum atomic E-state index is -0.0333. The highest BCUT2D eigenvalue weighted by atomic mass is 32.1. The minimum absolute atomic E-state index is 0.0333. The number of nitrogens with zero attached hydrogens (tertiary/aromatic N) is 1. The lowest BCUT2D eigenvalue weighted by Gasteiger charge is -2.32. The molecule has 0 saturated heterocycles. The van der Waals surface area contributed by atoms with Gasteiger partial charge in [-0.15, -0.1) is 0 Å². The van der Waals surface area contributed by atoms with E-state index in [2.05, 4.69) is 66.3 Å². The maximum Gasteiger partial charge on any atom is 0.253 e. The molecule has 5 heteroatoms. The highest BCUT2D eigenvalue weighted by Gasteiger charge is 2.26. The Labute approximate surface area is 189 Å². The number of pyridine rings is 1. The van der Waals surface area contributed by atoms with Crippen molar-refractivity contribution in [2.24, 2.45) is 0 Å². The van der Waals surface area contributed by atoms with Crippen molar-refractivity contribution < 1.29 is 0 Å². The van der Waals surface area contributed by atoms with Crippen LogP contribution < -0.4 is 10.9 Å². The van der Waals surface area contributed by atoms with E-state index in [9.17, 15) is 4.79 Å². The summed E-state index contributed by atoms with van der Waals surface area (Å²) < 4.78 is 0. The summed E-state index contributed by atoms with van der Waals surface area (Å²) in [6.07, 6.45) is 5.62. The van der Waals surface area contributed by atoms with Crippen molar-refractivity contribution in [1.82, 2.24) is 9.88 Å². The molecule has 1 fully saturated rings. The van der Waals surface area contributed by atoms with E-state index in [4.69, 9.17) is 12.2 Å². The first-order valence-electron chi connectivity index (χ1n) is 11.2. The second kappa shape index (κ2) is 9.23. The van der Waals surface area contributed by atoms with Gasteiger partial charge in [0.25, 0.3) is 5.56 Å². The quantitative estimate of drug-likeness (QED) is 0.496. The number of aryl methyl sites for hydroxylation is 3. The summed E-state index contributed by atoms with van der Waals surface area (Å²) in [7, 11) is 0. The van der Waals surface area contributed by atoms with E-state index in [0.29, 0.717) is 17.7 Å². The Morgan fingerprint density at radius 3 is 2.61 bits per heavy atom. The van der Waals surface area contributed by atoms with Crippen LogP contribution in [0.15, 0.2) is 47.3 Å². The molecule has 2 aromatic carbocycles. The number of thiocarbonyl (C=S) groups is 1. The Balaban J connectivity index is 1.64. The molecule has 0 spiro atoms. The first-order valence-corrected chi connectivity index (χ1v) is 11.6. The fraction of sp³-hybridized carbons (Fsp3) is 0.385. The van der Waals surface area contributed by atoms with E-state index < -0.39 is 0 Å². The largest absolute Gasteiger partial charge is 0.342 e. The van der Waals surface area contributed by atoms with Crippen LogP contribution in [0, 0.1) is 13.8 Å². The molecule has 0 amide bonds. The summed E-state index contributed by atoms with van der Waals surface area (Å²) in [4.78, 5) is 18.2. The summed E-state index contributed by atoms with van der Waals surface area (Å²) in [5, 5.41) is 5.23. The van der Waals surface area contributed by atoms with Crippen LogP contribution in [0.5, 0.6) is 0 Å². The molecule has 3 aromatic rings. The second-order valence-corrected chi connectivity index (χ2v) is 9.10. The van der Waals surface area contributed by atoms with Crippen LogP contribution >= 0.6 is 12.2 Å². The van der Waals surface area contributed by atoms with Crippen LogP contribution in [0.2, 0.25) is 0 Å². The molecule has 1 aromatic heterocycles.